The lowest BCUT2D eigenvalue weighted by Gasteiger charge is -2.17. The van der Waals surface area contributed by atoms with Crippen molar-refractivity contribution in [2.45, 2.75) is 51.5 Å². The molecule has 2 aliphatic carbocycles. The number of carbonyl (C=O) groups excluding carboxylic acids is 1. The predicted octanol–water partition coefficient (Wildman–Crippen LogP) is 1.42. The number of hydrogen-bond acceptors (Lipinski definition) is 2. The molecule has 1 atom stereocenters. The summed E-state index contributed by atoms with van der Waals surface area (Å²) < 4.78 is 0. The number of nitrogens with two attached hydrogens (primary N) is 1. The molecule has 3 heteroatoms. The van der Waals surface area contributed by atoms with Crippen molar-refractivity contribution in [3.8, 4) is 0 Å². The summed E-state index contributed by atoms with van der Waals surface area (Å²) >= 11 is 0. The average molecular weight is 210 g/mol. The van der Waals surface area contributed by atoms with Crippen molar-refractivity contribution in [1.82, 2.24) is 5.32 Å². The molecule has 0 heterocycles. The zero-order valence-electron chi connectivity index (χ0n) is 9.59. The topological polar surface area (TPSA) is 55.1 Å². The Hall–Kier alpha value is -0.570. The molecule has 3 N–H and O–H groups in total. The quantitative estimate of drug-likeness (QED) is 0.696. The highest BCUT2D eigenvalue weighted by Crippen LogP contribution is 2.60. The van der Waals surface area contributed by atoms with Crippen molar-refractivity contribution in [3.05, 3.63) is 0 Å². The van der Waals surface area contributed by atoms with Crippen LogP contribution in [-0.2, 0) is 4.79 Å². The summed E-state index contributed by atoms with van der Waals surface area (Å²) in [4.78, 5) is 11.6. The molecule has 2 saturated carbocycles. The van der Waals surface area contributed by atoms with Gasteiger partial charge in [0.25, 0.3) is 0 Å². The van der Waals surface area contributed by atoms with Gasteiger partial charge in [0.2, 0.25) is 5.91 Å². The van der Waals surface area contributed by atoms with Crippen molar-refractivity contribution < 1.29 is 4.79 Å². The fraction of sp³-hybridized carbons (Fsp3) is 0.917. The molecule has 2 rings (SSSR count). The van der Waals surface area contributed by atoms with Gasteiger partial charge in [-0.25, -0.2) is 0 Å². The second-order valence-electron chi connectivity index (χ2n) is 5.25. The highest BCUT2D eigenvalue weighted by molar-refractivity contribution is 5.81. The van der Waals surface area contributed by atoms with Gasteiger partial charge in [-0.3, -0.25) is 4.79 Å². The summed E-state index contributed by atoms with van der Waals surface area (Å²) in [7, 11) is 0. The molecule has 2 fully saturated rings. The van der Waals surface area contributed by atoms with E-state index in [0.29, 0.717) is 5.41 Å². The van der Waals surface area contributed by atoms with E-state index in [9.17, 15) is 4.79 Å². The fourth-order valence-electron chi connectivity index (χ4n) is 2.42. The summed E-state index contributed by atoms with van der Waals surface area (Å²) in [5.41, 5.74) is 6.24. The normalized spacial score (nSPS) is 24.7. The van der Waals surface area contributed by atoms with Crippen LogP contribution in [0, 0.1) is 11.3 Å². The van der Waals surface area contributed by atoms with E-state index < -0.39 is 0 Å². The van der Waals surface area contributed by atoms with Crippen LogP contribution >= 0.6 is 0 Å². The molecule has 0 spiro atoms. The van der Waals surface area contributed by atoms with Crippen molar-refractivity contribution >= 4 is 5.91 Å². The summed E-state index contributed by atoms with van der Waals surface area (Å²) in [5, 5.41) is 3.03. The third kappa shape index (κ3) is 2.51. The van der Waals surface area contributed by atoms with Crippen LogP contribution in [0.15, 0.2) is 0 Å². The summed E-state index contributed by atoms with van der Waals surface area (Å²) in [5.74, 6) is 0.948. The Balaban J connectivity index is 1.71. The molecule has 0 aromatic rings. The van der Waals surface area contributed by atoms with E-state index in [2.05, 4.69) is 12.2 Å². The van der Waals surface area contributed by atoms with E-state index in [4.69, 9.17) is 5.73 Å². The number of amides is 1. The lowest BCUT2D eigenvalue weighted by molar-refractivity contribution is -0.122. The van der Waals surface area contributed by atoms with Crippen LogP contribution in [0.1, 0.15) is 45.4 Å². The van der Waals surface area contributed by atoms with E-state index in [-0.39, 0.29) is 11.9 Å². The van der Waals surface area contributed by atoms with Gasteiger partial charge in [0.05, 0.1) is 6.04 Å². The van der Waals surface area contributed by atoms with E-state index in [1.165, 1.54) is 25.7 Å². The Labute approximate surface area is 91.8 Å². The van der Waals surface area contributed by atoms with Crippen LogP contribution in [0.25, 0.3) is 0 Å². The van der Waals surface area contributed by atoms with Gasteiger partial charge in [0, 0.05) is 6.54 Å². The Kier molecular flexibility index (Phi) is 3.01. The molecule has 0 radical (unpaired) electrons. The number of carbonyl (C=O) groups is 1. The monoisotopic (exact) mass is 210 g/mol. The Morgan fingerprint density at radius 3 is 2.67 bits per heavy atom. The summed E-state index contributed by atoms with van der Waals surface area (Å²) in [6.45, 7) is 2.92. The molecular weight excluding hydrogens is 188 g/mol. The van der Waals surface area contributed by atoms with E-state index in [1.54, 1.807) is 0 Å². The minimum atomic E-state index is -0.301. The first-order valence-corrected chi connectivity index (χ1v) is 6.21. The molecule has 3 nitrogen and oxygen atoms in total. The summed E-state index contributed by atoms with van der Waals surface area (Å²) in [6.07, 6.45) is 7.13. The molecular formula is C12H22N2O. The second kappa shape index (κ2) is 4.12. The fourth-order valence-corrected chi connectivity index (χ4v) is 2.42. The molecule has 0 saturated heterocycles. The Morgan fingerprint density at radius 1 is 1.53 bits per heavy atom. The van der Waals surface area contributed by atoms with Crippen LogP contribution in [0.2, 0.25) is 0 Å². The van der Waals surface area contributed by atoms with Crippen molar-refractivity contribution in [1.29, 1.82) is 0 Å². The Bertz CT molecular complexity index is 244. The maximum atomic E-state index is 11.6. The minimum Gasteiger partial charge on any atom is -0.354 e. The van der Waals surface area contributed by atoms with Gasteiger partial charge in [-0.15, -0.1) is 0 Å². The van der Waals surface area contributed by atoms with Crippen LogP contribution < -0.4 is 11.1 Å². The molecule has 1 amide bonds. The van der Waals surface area contributed by atoms with Gasteiger partial charge < -0.3 is 11.1 Å². The van der Waals surface area contributed by atoms with Gasteiger partial charge in [-0.1, -0.05) is 13.3 Å². The van der Waals surface area contributed by atoms with Crippen molar-refractivity contribution in [3.63, 3.8) is 0 Å². The molecule has 0 aromatic heterocycles. The standard InChI is InChI=1S/C12H22N2O/c1-2-3-10(13)11(15)14-8-12(6-7-12)9-4-5-9/h9-10H,2-8,13H2,1H3,(H,14,15). The van der Waals surface area contributed by atoms with E-state index >= 15 is 0 Å². The lowest BCUT2D eigenvalue weighted by Crippen LogP contribution is -2.43. The van der Waals surface area contributed by atoms with E-state index in [1.807, 2.05) is 0 Å². The highest BCUT2D eigenvalue weighted by Gasteiger charge is 2.53. The van der Waals surface area contributed by atoms with Gasteiger partial charge in [0.15, 0.2) is 0 Å². The third-order valence-electron chi connectivity index (χ3n) is 3.89. The predicted molar refractivity (Wildman–Crippen MR) is 60.3 cm³/mol. The van der Waals surface area contributed by atoms with Crippen LogP contribution in [0.5, 0.6) is 0 Å². The molecule has 0 aliphatic heterocycles. The minimum absolute atomic E-state index is 0.0452. The smallest absolute Gasteiger partial charge is 0.236 e. The molecule has 86 valence electrons. The maximum absolute atomic E-state index is 11.6. The number of nitrogens with one attached hydrogen (secondary N) is 1. The molecule has 15 heavy (non-hydrogen) atoms. The van der Waals surface area contributed by atoms with Crippen molar-refractivity contribution in [2.75, 3.05) is 6.54 Å². The third-order valence-corrected chi connectivity index (χ3v) is 3.89. The van der Waals surface area contributed by atoms with E-state index in [0.717, 1.165) is 25.3 Å². The first-order chi connectivity index (χ1) is 7.18. The van der Waals surface area contributed by atoms with Gasteiger partial charge >= 0.3 is 0 Å². The van der Waals surface area contributed by atoms with Gasteiger partial charge in [-0.05, 0) is 43.4 Å². The molecule has 1 unspecified atom stereocenters. The van der Waals surface area contributed by atoms with Crippen LogP contribution in [-0.4, -0.2) is 18.5 Å². The SMILES string of the molecule is CCCC(N)C(=O)NCC1(C2CC2)CC1. The zero-order valence-corrected chi connectivity index (χ0v) is 9.59. The Morgan fingerprint density at radius 2 is 2.20 bits per heavy atom. The number of hydrogen-bond donors (Lipinski definition) is 2. The molecule has 0 bridgehead atoms. The molecule has 2 aliphatic rings. The van der Waals surface area contributed by atoms with Gasteiger partial charge in [0.1, 0.15) is 0 Å². The second-order valence-corrected chi connectivity index (χ2v) is 5.25. The van der Waals surface area contributed by atoms with Crippen molar-refractivity contribution in [2.24, 2.45) is 17.1 Å². The lowest BCUT2D eigenvalue weighted by atomic mass is 10.0. The highest BCUT2D eigenvalue weighted by atomic mass is 16.2. The average Bonchev–Trinajstić information content (AvgIpc) is 3.04. The maximum Gasteiger partial charge on any atom is 0.236 e. The van der Waals surface area contributed by atoms with Gasteiger partial charge in [-0.2, -0.15) is 0 Å². The zero-order chi connectivity index (χ0) is 10.9. The van der Waals surface area contributed by atoms with Crippen LogP contribution in [0.4, 0.5) is 0 Å². The van der Waals surface area contributed by atoms with Crippen LogP contribution in [0.3, 0.4) is 0 Å². The molecule has 0 aromatic carbocycles. The number of rotatable bonds is 6. The summed E-state index contributed by atoms with van der Waals surface area (Å²) in [6, 6.07) is -0.301. The first kappa shape index (κ1) is 10.9. The first-order valence-electron chi connectivity index (χ1n) is 6.21. The largest absolute Gasteiger partial charge is 0.354 e.